The summed E-state index contributed by atoms with van der Waals surface area (Å²) in [5.41, 5.74) is 2.40. The minimum atomic E-state index is 0.0231. The summed E-state index contributed by atoms with van der Waals surface area (Å²) in [6.45, 7) is 2.95. The molecule has 3 aromatic rings. The first-order valence-corrected chi connectivity index (χ1v) is 9.91. The number of nitrogens with zero attached hydrogens (tertiary/aromatic N) is 3. The first-order chi connectivity index (χ1) is 13.8. The van der Waals surface area contributed by atoms with Crippen LogP contribution in [0, 0.1) is 0 Å². The summed E-state index contributed by atoms with van der Waals surface area (Å²) < 4.78 is 2.24. The summed E-state index contributed by atoms with van der Waals surface area (Å²) in [6.07, 6.45) is 5.84. The molecule has 0 aliphatic carbocycles. The highest BCUT2D eigenvalue weighted by atomic mass is 16.2. The number of benzene rings is 2. The van der Waals surface area contributed by atoms with E-state index in [-0.39, 0.29) is 6.03 Å². The molecule has 0 radical (unpaired) electrons. The summed E-state index contributed by atoms with van der Waals surface area (Å²) in [6, 6.07) is 20.5. The number of aromatic nitrogens is 2. The third kappa shape index (κ3) is 4.42. The largest absolute Gasteiger partial charge is 0.334 e. The summed E-state index contributed by atoms with van der Waals surface area (Å²) in [5, 5.41) is 3.03. The monoisotopic (exact) mass is 374 g/mol. The number of hydrogen-bond acceptors (Lipinski definition) is 2. The third-order valence-electron chi connectivity index (χ3n) is 5.38. The molecule has 1 fully saturated rings. The molecule has 1 saturated heterocycles. The van der Waals surface area contributed by atoms with Gasteiger partial charge in [0.25, 0.3) is 0 Å². The zero-order chi connectivity index (χ0) is 19.2. The highest BCUT2D eigenvalue weighted by Gasteiger charge is 2.26. The Labute approximate surface area is 166 Å². The predicted octanol–water partition coefficient (Wildman–Crippen LogP) is 4.02. The van der Waals surface area contributed by atoms with E-state index < -0.39 is 0 Å². The lowest BCUT2D eigenvalue weighted by molar-refractivity contribution is 0.179. The zero-order valence-corrected chi connectivity index (χ0v) is 16.0. The van der Waals surface area contributed by atoms with Gasteiger partial charge < -0.3 is 14.8 Å². The molecule has 4 rings (SSSR count). The van der Waals surface area contributed by atoms with Crippen molar-refractivity contribution < 1.29 is 4.79 Å². The molecule has 2 heterocycles. The Morgan fingerprint density at radius 3 is 2.29 bits per heavy atom. The van der Waals surface area contributed by atoms with Crippen LogP contribution in [0.15, 0.2) is 73.1 Å². The second-order valence-electron chi connectivity index (χ2n) is 7.30. The van der Waals surface area contributed by atoms with Crippen LogP contribution in [0.25, 0.3) is 0 Å². The normalized spacial score (nSPS) is 14.8. The molecule has 2 amide bonds. The van der Waals surface area contributed by atoms with E-state index in [1.54, 1.807) is 0 Å². The van der Waals surface area contributed by atoms with Crippen molar-refractivity contribution in [2.45, 2.75) is 31.8 Å². The fourth-order valence-corrected chi connectivity index (χ4v) is 3.82. The molecule has 1 aliphatic heterocycles. The molecule has 0 atom stereocenters. The lowest BCUT2D eigenvalue weighted by atomic mass is 9.96. The minimum absolute atomic E-state index is 0.0231. The van der Waals surface area contributed by atoms with E-state index >= 15 is 0 Å². The van der Waals surface area contributed by atoms with Crippen LogP contribution < -0.4 is 5.32 Å². The van der Waals surface area contributed by atoms with Crippen LogP contribution >= 0.6 is 0 Å². The van der Waals surface area contributed by atoms with Gasteiger partial charge in [-0.15, -0.1) is 0 Å². The lowest BCUT2D eigenvalue weighted by Gasteiger charge is -2.32. The van der Waals surface area contributed by atoms with Crippen molar-refractivity contribution in [3.63, 3.8) is 0 Å². The van der Waals surface area contributed by atoms with Gasteiger partial charge in [-0.25, -0.2) is 9.78 Å². The Balaban J connectivity index is 1.31. The van der Waals surface area contributed by atoms with E-state index in [0.29, 0.717) is 12.5 Å². The Morgan fingerprint density at radius 1 is 0.964 bits per heavy atom. The second kappa shape index (κ2) is 8.74. The molecule has 0 bridgehead atoms. The number of carbonyl (C=O) groups is 1. The van der Waals surface area contributed by atoms with Crippen LogP contribution in [0.4, 0.5) is 4.79 Å². The Hall–Kier alpha value is -3.08. The standard InChI is InChI=1S/C23H26N4O/c28-23(25-17-19-7-3-1-4-8-19)26-14-11-21(12-15-26)22-24-13-16-27(22)18-20-9-5-2-6-10-20/h1-10,13,16,21H,11-12,14-15,17-18H2,(H,25,28). The van der Waals surface area contributed by atoms with Crippen LogP contribution in [0.5, 0.6) is 0 Å². The fraction of sp³-hybridized carbons (Fsp3) is 0.304. The average molecular weight is 374 g/mol. The van der Waals surface area contributed by atoms with Gasteiger partial charge in [0.15, 0.2) is 0 Å². The highest BCUT2D eigenvalue weighted by Crippen LogP contribution is 2.27. The quantitative estimate of drug-likeness (QED) is 0.733. The first-order valence-electron chi connectivity index (χ1n) is 9.91. The highest BCUT2D eigenvalue weighted by molar-refractivity contribution is 5.74. The molecule has 5 heteroatoms. The summed E-state index contributed by atoms with van der Waals surface area (Å²) in [7, 11) is 0. The molecule has 2 aromatic carbocycles. The van der Waals surface area contributed by atoms with Crippen LogP contribution in [0.3, 0.4) is 0 Å². The summed E-state index contributed by atoms with van der Waals surface area (Å²) in [4.78, 5) is 19.0. The topological polar surface area (TPSA) is 50.2 Å². The zero-order valence-electron chi connectivity index (χ0n) is 16.0. The van der Waals surface area contributed by atoms with Crippen molar-refractivity contribution in [2.24, 2.45) is 0 Å². The number of likely N-dealkylation sites (tertiary alicyclic amines) is 1. The molecule has 0 unspecified atom stereocenters. The van der Waals surface area contributed by atoms with Crippen molar-refractivity contribution in [1.82, 2.24) is 19.8 Å². The van der Waals surface area contributed by atoms with Crippen LogP contribution in [-0.4, -0.2) is 33.6 Å². The molecule has 0 spiro atoms. The van der Waals surface area contributed by atoms with Crippen molar-refractivity contribution in [2.75, 3.05) is 13.1 Å². The van der Waals surface area contributed by atoms with Crippen molar-refractivity contribution in [3.05, 3.63) is 90.0 Å². The first kappa shape index (κ1) is 18.3. The number of amides is 2. The average Bonchev–Trinajstić information content (AvgIpc) is 3.21. The molecule has 1 N–H and O–H groups in total. The SMILES string of the molecule is O=C(NCc1ccccc1)N1CCC(c2nccn2Cc2ccccc2)CC1. The van der Waals surface area contributed by atoms with Gasteiger partial charge in [0.1, 0.15) is 5.82 Å². The third-order valence-corrected chi connectivity index (χ3v) is 5.38. The molecule has 0 saturated carbocycles. The molecule has 1 aliphatic rings. The second-order valence-corrected chi connectivity index (χ2v) is 7.30. The van der Waals surface area contributed by atoms with Gasteiger partial charge in [-0.3, -0.25) is 0 Å². The fourth-order valence-electron chi connectivity index (χ4n) is 3.82. The van der Waals surface area contributed by atoms with Gasteiger partial charge in [0.2, 0.25) is 0 Å². The maximum Gasteiger partial charge on any atom is 0.317 e. The van der Waals surface area contributed by atoms with Crippen LogP contribution in [0.1, 0.15) is 35.7 Å². The molecular formula is C23H26N4O. The smallest absolute Gasteiger partial charge is 0.317 e. The Kier molecular flexibility index (Phi) is 5.71. The van der Waals surface area contributed by atoms with E-state index in [0.717, 1.165) is 43.9 Å². The number of carbonyl (C=O) groups excluding carboxylic acids is 1. The van der Waals surface area contributed by atoms with E-state index in [1.165, 1.54) is 5.56 Å². The van der Waals surface area contributed by atoms with Crippen molar-refractivity contribution >= 4 is 6.03 Å². The number of rotatable bonds is 5. The maximum absolute atomic E-state index is 12.5. The van der Waals surface area contributed by atoms with E-state index in [4.69, 9.17) is 0 Å². The lowest BCUT2D eigenvalue weighted by Crippen LogP contribution is -2.44. The number of urea groups is 1. The van der Waals surface area contributed by atoms with Gasteiger partial charge in [-0.2, -0.15) is 0 Å². The number of hydrogen-bond donors (Lipinski definition) is 1. The van der Waals surface area contributed by atoms with E-state index in [1.807, 2.05) is 47.5 Å². The van der Waals surface area contributed by atoms with E-state index in [2.05, 4.69) is 45.3 Å². The molecular weight excluding hydrogens is 348 g/mol. The van der Waals surface area contributed by atoms with Crippen LogP contribution in [-0.2, 0) is 13.1 Å². The predicted molar refractivity (Wildman–Crippen MR) is 110 cm³/mol. The van der Waals surface area contributed by atoms with Crippen molar-refractivity contribution in [3.8, 4) is 0 Å². The summed E-state index contributed by atoms with van der Waals surface area (Å²) in [5.74, 6) is 1.53. The number of piperidine rings is 1. The molecule has 5 nitrogen and oxygen atoms in total. The Bertz CT molecular complexity index is 883. The number of imidazole rings is 1. The maximum atomic E-state index is 12.5. The van der Waals surface area contributed by atoms with Gasteiger partial charge in [-0.1, -0.05) is 60.7 Å². The van der Waals surface area contributed by atoms with Gasteiger partial charge in [0.05, 0.1) is 0 Å². The van der Waals surface area contributed by atoms with Gasteiger partial charge >= 0.3 is 6.03 Å². The van der Waals surface area contributed by atoms with Crippen molar-refractivity contribution in [1.29, 1.82) is 0 Å². The minimum Gasteiger partial charge on any atom is -0.334 e. The Morgan fingerprint density at radius 2 is 1.61 bits per heavy atom. The molecule has 1 aromatic heterocycles. The van der Waals surface area contributed by atoms with E-state index in [9.17, 15) is 4.79 Å². The molecule has 144 valence electrons. The number of nitrogens with one attached hydrogen (secondary N) is 1. The molecule has 28 heavy (non-hydrogen) atoms. The van der Waals surface area contributed by atoms with Gasteiger partial charge in [-0.05, 0) is 24.0 Å². The van der Waals surface area contributed by atoms with Crippen LogP contribution in [0.2, 0.25) is 0 Å². The summed E-state index contributed by atoms with van der Waals surface area (Å²) >= 11 is 0. The van der Waals surface area contributed by atoms with Gasteiger partial charge in [0, 0.05) is 44.5 Å².